The third-order valence-electron chi connectivity index (χ3n) is 1.04. The molecule has 5 nitrogen and oxygen atoms in total. The molecule has 1 amide bonds. The van der Waals surface area contributed by atoms with Gasteiger partial charge in [-0.3, -0.25) is 4.79 Å². The van der Waals surface area contributed by atoms with Crippen molar-refractivity contribution in [1.29, 1.82) is 0 Å². The predicted octanol–water partition coefficient (Wildman–Crippen LogP) is -1.90. The Balaban J connectivity index is 3.29. The maximum absolute atomic E-state index is 10.4. The monoisotopic (exact) mass is 163 g/mol. The summed E-state index contributed by atoms with van der Waals surface area (Å²) < 4.78 is 4.61. The summed E-state index contributed by atoms with van der Waals surface area (Å²) in [5, 5.41) is 19.5. The van der Waals surface area contributed by atoms with Gasteiger partial charge in [0, 0.05) is 13.7 Å². The van der Waals surface area contributed by atoms with E-state index in [1.54, 1.807) is 0 Å². The number of aliphatic hydroxyl groups is 2. The van der Waals surface area contributed by atoms with Crippen molar-refractivity contribution in [3.8, 4) is 0 Å². The number of carbonyl (C=O) groups excluding carboxylic acids is 1. The van der Waals surface area contributed by atoms with Crippen LogP contribution in [0.15, 0.2) is 0 Å². The van der Waals surface area contributed by atoms with E-state index in [-0.39, 0.29) is 13.2 Å². The van der Waals surface area contributed by atoms with E-state index in [2.05, 4.69) is 10.1 Å². The molecule has 0 rings (SSSR count). The van der Waals surface area contributed by atoms with Gasteiger partial charge in [-0.1, -0.05) is 0 Å². The van der Waals surface area contributed by atoms with Crippen molar-refractivity contribution in [1.82, 2.24) is 5.32 Å². The molecule has 1 unspecified atom stereocenters. The molecule has 0 bridgehead atoms. The van der Waals surface area contributed by atoms with E-state index in [9.17, 15) is 4.79 Å². The fourth-order valence-corrected chi connectivity index (χ4v) is 0.539. The first-order chi connectivity index (χ1) is 5.20. The van der Waals surface area contributed by atoms with Crippen LogP contribution in [0, 0.1) is 0 Å². The molecule has 0 aliphatic carbocycles. The Morgan fingerprint density at radius 3 is 2.82 bits per heavy atom. The average Bonchev–Trinajstić information content (AvgIpc) is 2.01. The number of nitrogens with one attached hydrogen (secondary N) is 1. The summed E-state index contributed by atoms with van der Waals surface area (Å²) in [6, 6.07) is 0. The fraction of sp³-hybridized carbons (Fsp3) is 0.833. The van der Waals surface area contributed by atoms with E-state index < -0.39 is 18.6 Å². The van der Waals surface area contributed by atoms with E-state index in [1.807, 2.05) is 0 Å². The van der Waals surface area contributed by atoms with Crippen molar-refractivity contribution in [3.05, 3.63) is 0 Å². The highest BCUT2D eigenvalue weighted by Crippen LogP contribution is 1.80. The fourth-order valence-electron chi connectivity index (χ4n) is 0.539. The number of hydrogen-bond donors (Lipinski definition) is 3. The summed E-state index contributed by atoms with van der Waals surface area (Å²) in [4.78, 5) is 10.4. The molecule has 11 heavy (non-hydrogen) atoms. The molecule has 0 saturated carbocycles. The normalized spacial score (nSPS) is 12.6. The summed E-state index contributed by atoms with van der Waals surface area (Å²) in [5.41, 5.74) is 0. The SMILES string of the molecule is COCC(O)CNC(=O)CO. The predicted molar refractivity (Wildman–Crippen MR) is 38.0 cm³/mol. The Bertz CT molecular complexity index is 117. The van der Waals surface area contributed by atoms with Crippen LogP contribution in [-0.2, 0) is 9.53 Å². The van der Waals surface area contributed by atoms with Crippen LogP contribution in [0.3, 0.4) is 0 Å². The molecule has 0 aliphatic heterocycles. The zero-order valence-electron chi connectivity index (χ0n) is 6.41. The van der Waals surface area contributed by atoms with Gasteiger partial charge in [-0.25, -0.2) is 0 Å². The third-order valence-corrected chi connectivity index (χ3v) is 1.04. The molecule has 0 radical (unpaired) electrons. The van der Waals surface area contributed by atoms with Crippen LogP contribution in [0.4, 0.5) is 0 Å². The highest BCUT2D eigenvalue weighted by Gasteiger charge is 2.04. The van der Waals surface area contributed by atoms with Gasteiger partial charge in [0.1, 0.15) is 6.61 Å². The molecule has 0 saturated heterocycles. The third kappa shape index (κ3) is 5.78. The zero-order valence-corrected chi connectivity index (χ0v) is 6.41. The quantitative estimate of drug-likeness (QED) is 0.442. The highest BCUT2D eigenvalue weighted by molar-refractivity contribution is 5.76. The standard InChI is InChI=1S/C6H13NO4/c1-11-4-5(9)2-7-6(10)3-8/h5,8-9H,2-4H2,1H3,(H,7,10). The summed E-state index contributed by atoms with van der Waals surface area (Å²) >= 11 is 0. The Labute approximate surface area is 65.0 Å². The number of ether oxygens (including phenoxy) is 1. The Kier molecular flexibility index (Phi) is 5.73. The number of rotatable bonds is 5. The molecule has 0 aliphatic rings. The van der Waals surface area contributed by atoms with Crippen LogP contribution in [-0.4, -0.2) is 49.1 Å². The molecule has 0 aromatic rings. The van der Waals surface area contributed by atoms with Gasteiger partial charge in [-0.05, 0) is 0 Å². The first-order valence-corrected chi connectivity index (χ1v) is 3.25. The van der Waals surface area contributed by atoms with Crippen LogP contribution in [0.5, 0.6) is 0 Å². The smallest absolute Gasteiger partial charge is 0.245 e. The second-order valence-electron chi connectivity index (χ2n) is 2.07. The summed E-state index contributed by atoms with van der Waals surface area (Å²) in [6.07, 6.45) is -0.713. The lowest BCUT2D eigenvalue weighted by Gasteiger charge is -2.09. The van der Waals surface area contributed by atoms with Crippen LogP contribution < -0.4 is 5.32 Å². The Hall–Kier alpha value is -0.650. The van der Waals surface area contributed by atoms with Gasteiger partial charge in [-0.15, -0.1) is 0 Å². The molecule has 5 heteroatoms. The molecule has 3 N–H and O–H groups in total. The first kappa shape index (κ1) is 10.3. The van der Waals surface area contributed by atoms with Crippen molar-refractivity contribution in [2.75, 3.05) is 26.9 Å². The van der Waals surface area contributed by atoms with Gasteiger partial charge in [0.05, 0.1) is 12.7 Å². The maximum Gasteiger partial charge on any atom is 0.245 e. The number of hydrogen-bond acceptors (Lipinski definition) is 4. The maximum atomic E-state index is 10.4. The number of amides is 1. The van der Waals surface area contributed by atoms with Gasteiger partial charge < -0.3 is 20.3 Å². The molecular formula is C6H13NO4. The lowest BCUT2D eigenvalue weighted by atomic mass is 10.4. The Morgan fingerprint density at radius 2 is 2.36 bits per heavy atom. The van der Waals surface area contributed by atoms with Crippen molar-refractivity contribution >= 4 is 5.91 Å². The molecule has 0 aromatic carbocycles. The van der Waals surface area contributed by atoms with Crippen molar-refractivity contribution < 1.29 is 19.7 Å². The van der Waals surface area contributed by atoms with Gasteiger partial charge in [0.15, 0.2) is 0 Å². The second-order valence-corrected chi connectivity index (χ2v) is 2.07. The summed E-state index contributed by atoms with van der Waals surface area (Å²) in [6.45, 7) is -0.279. The van der Waals surface area contributed by atoms with E-state index >= 15 is 0 Å². The molecular weight excluding hydrogens is 150 g/mol. The lowest BCUT2D eigenvalue weighted by Crippen LogP contribution is -2.35. The van der Waals surface area contributed by atoms with E-state index in [1.165, 1.54) is 7.11 Å². The first-order valence-electron chi connectivity index (χ1n) is 3.25. The van der Waals surface area contributed by atoms with E-state index in [0.29, 0.717) is 0 Å². The average molecular weight is 163 g/mol. The van der Waals surface area contributed by atoms with Gasteiger partial charge in [0.25, 0.3) is 0 Å². The van der Waals surface area contributed by atoms with Crippen LogP contribution in [0.25, 0.3) is 0 Å². The number of carbonyl (C=O) groups is 1. The summed E-state index contributed by atoms with van der Waals surface area (Å²) in [7, 11) is 1.46. The minimum Gasteiger partial charge on any atom is -0.389 e. The van der Waals surface area contributed by atoms with E-state index in [0.717, 1.165) is 0 Å². The largest absolute Gasteiger partial charge is 0.389 e. The molecule has 0 spiro atoms. The minimum atomic E-state index is -0.713. The van der Waals surface area contributed by atoms with Gasteiger partial charge in [-0.2, -0.15) is 0 Å². The molecule has 0 aromatic heterocycles. The van der Waals surface area contributed by atoms with Crippen LogP contribution >= 0.6 is 0 Å². The topological polar surface area (TPSA) is 78.8 Å². The molecule has 0 fully saturated rings. The Morgan fingerprint density at radius 1 is 1.73 bits per heavy atom. The highest BCUT2D eigenvalue weighted by atomic mass is 16.5. The number of methoxy groups -OCH3 is 1. The zero-order chi connectivity index (χ0) is 8.69. The van der Waals surface area contributed by atoms with Crippen molar-refractivity contribution in [2.45, 2.75) is 6.10 Å². The van der Waals surface area contributed by atoms with Crippen molar-refractivity contribution in [2.24, 2.45) is 0 Å². The van der Waals surface area contributed by atoms with Crippen molar-refractivity contribution in [3.63, 3.8) is 0 Å². The van der Waals surface area contributed by atoms with Gasteiger partial charge >= 0.3 is 0 Å². The minimum absolute atomic E-state index is 0.104. The van der Waals surface area contributed by atoms with Gasteiger partial charge in [0.2, 0.25) is 5.91 Å². The second kappa shape index (κ2) is 6.09. The van der Waals surface area contributed by atoms with E-state index in [4.69, 9.17) is 10.2 Å². The molecule has 1 atom stereocenters. The van der Waals surface area contributed by atoms with Crippen LogP contribution in [0.1, 0.15) is 0 Å². The van der Waals surface area contributed by atoms with Crippen LogP contribution in [0.2, 0.25) is 0 Å². The number of aliphatic hydroxyl groups excluding tert-OH is 2. The molecule has 0 heterocycles. The summed E-state index contributed by atoms with van der Waals surface area (Å²) in [5.74, 6) is -0.500. The molecule has 66 valence electrons. The lowest BCUT2D eigenvalue weighted by molar-refractivity contribution is -0.124.